The van der Waals surface area contributed by atoms with Gasteiger partial charge in [0.25, 0.3) is 6.20 Å². The van der Waals surface area contributed by atoms with Gasteiger partial charge in [0.2, 0.25) is 11.8 Å². The van der Waals surface area contributed by atoms with Crippen LogP contribution < -0.4 is 9.79 Å². The molecule has 0 saturated carbocycles. The molecule has 0 N–H and O–H groups in total. The number of ether oxygens (including phenoxy) is 1. The Morgan fingerprint density at radius 1 is 1.65 bits per heavy atom. The van der Waals surface area contributed by atoms with Crippen molar-refractivity contribution in [3.8, 4) is 0 Å². The van der Waals surface area contributed by atoms with Gasteiger partial charge < -0.3 is 14.4 Å². The van der Waals surface area contributed by atoms with E-state index in [1.165, 1.54) is 16.4 Å². The van der Waals surface area contributed by atoms with Crippen LogP contribution in [0.3, 0.4) is 0 Å². The number of aromatic nitrogens is 4. The maximum absolute atomic E-state index is 11.7. The van der Waals surface area contributed by atoms with Crippen molar-refractivity contribution in [2.45, 2.75) is 11.7 Å². The summed E-state index contributed by atoms with van der Waals surface area (Å²) in [6, 6.07) is 0. The van der Waals surface area contributed by atoms with E-state index in [0.29, 0.717) is 13.2 Å². The van der Waals surface area contributed by atoms with Gasteiger partial charge in [0.1, 0.15) is 6.61 Å². The van der Waals surface area contributed by atoms with E-state index in [1.807, 2.05) is 17.8 Å². The van der Waals surface area contributed by atoms with Crippen molar-refractivity contribution in [2.75, 3.05) is 19.5 Å². The molecule has 2 aromatic rings. The van der Waals surface area contributed by atoms with Gasteiger partial charge in [-0.25, -0.2) is 9.98 Å². The minimum absolute atomic E-state index is 0.187. The molecule has 0 unspecified atom stereocenters. The van der Waals surface area contributed by atoms with Crippen molar-refractivity contribution < 1.29 is 19.0 Å². The van der Waals surface area contributed by atoms with E-state index in [1.54, 1.807) is 19.5 Å². The van der Waals surface area contributed by atoms with Gasteiger partial charge in [-0.1, -0.05) is 11.8 Å². The molecule has 0 bridgehead atoms. The Bertz CT molecular complexity index is 580. The first kappa shape index (κ1) is 14.5. The molecule has 2 heterocycles. The summed E-state index contributed by atoms with van der Waals surface area (Å²) < 4.78 is 13.2. The third-order valence-electron chi connectivity index (χ3n) is 2.36. The molecule has 0 saturated heterocycles. The topological polar surface area (TPSA) is 92.4 Å². The Kier molecular flexibility index (Phi) is 5.13. The number of aliphatic imine (C=N–C) groups is 1. The van der Waals surface area contributed by atoms with Gasteiger partial charge >= 0.3 is 5.88 Å². The molecule has 0 fully saturated rings. The Labute approximate surface area is 120 Å². The van der Waals surface area contributed by atoms with E-state index in [9.17, 15) is 5.11 Å². The number of methoxy groups -OCH3 is 1. The molecule has 0 radical (unpaired) electrons. The van der Waals surface area contributed by atoms with Gasteiger partial charge in [-0.3, -0.25) is 4.52 Å². The molecular weight excluding hydrogens is 282 g/mol. The molecule has 2 rings (SSSR count). The monoisotopic (exact) mass is 297 g/mol. The van der Waals surface area contributed by atoms with Crippen molar-refractivity contribution in [1.29, 1.82) is 0 Å². The SMILES string of the molecule is COCC[n+]1cc(/N=C(/[O-])CSc2nccn2C)on1. The minimum Gasteiger partial charge on any atom is -0.861 e. The van der Waals surface area contributed by atoms with Crippen LogP contribution in [0.5, 0.6) is 0 Å². The van der Waals surface area contributed by atoms with Gasteiger partial charge in [-0.2, -0.15) is 0 Å². The number of nitrogens with zero attached hydrogens (tertiary/aromatic N) is 5. The number of hydrogen-bond donors (Lipinski definition) is 0. The first-order valence-electron chi connectivity index (χ1n) is 5.89. The molecule has 9 heteroatoms. The number of imidazole rings is 1. The maximum atomic E-state index is 11.7. The molecule has 0 spiro atoms. The molecule has 0 atom stereocenters. The average Bonchev–Trinajstić information content (AvgIpc) is 3.03. The maximum Gasteiger partial charge on any atom is 0.320 e. The lowest BCUT2D eigenvalue weighted by molar-refractivity contribution is -0.763. The highest BCUT2D eigenvalue weighted by Gasteiger charge is 2.09. The van der Waals surface area contributed by atoms with Gasteiger partial charge in [0.05, 0.1) is 0 Å². The third-order valence-corrected chi connectivity index (χ3v) is 3.40. The molecule has 0 amide bonds. The zero-order valence-corrected chi connectivity index (χ0v) is 12.0. The van der Waals surface area contributed by atoms with E-state index in [2.05, 4.69) is 15.2 Å². The highest BCUT2D eigenvalue weighted by atomic mass is 32.2. The normalized spacial score (nSPS) is 12.0. The lowest BCUT2D eigenvalue weighted by atomic mass is 10.6. The second-order valence-electron chi connectivity index (χ2n) is 3.91. The van der Waals surface area contributed by atoms with Gasteiger partial charge in [0, 0.05) is 32.3 Å². The summed E-state index contributed by atoms with van der Waals surface area (Å²) >= 11 is 1.32. The van der Waals surface area contributed by atoms with Crippen molar-refractivity contribution >= 4 is 23.5 Å². The number of thioether (sulfide) groups is 1. The van der Waals surface area contributed by atoms with Gasteiger partial charge in [-0.15, -0.1) is 0 Å². The zero-order valence-electron chi connectivity index (χ0n) is 11.2. The highest BCUT2D eigenvalue weighted by molar-refractivity contribution is 7.99. The fraction of sp³-hybridized carbons (Fsp3) is 0.455. The first-order chi connectivity index (χ1) is 9.69. The van der Waals surface area contributed by atoms with Gasteiger partial charge in [-0.05, 0) is 10.6 Å². The quantitative estimate of drug-likeness (QED) is 0.297. The number of rotatable bonds is 7. The molecule has 20 heavy (non-hydrogen) atoms. The van der Waals surface area contributed by atoms with E-state index >= 15 is 0 Å². The van der Waals surface area contributed by atoms with Crippen molar-refractivity contribution in [3.63, 3.8) is 0 Å². The van der Waals surface area contributed by atoms with Crippen molar-refractivity contribution in [3.05, 3.63) is 18.6 Å². The Balaban J connectivity index is 1.89. The van der Waals surface area contributed by atoms with E-state index in [0.717, 1.165) is 5.16 Å². The van der Waals surface area contributed by atoms with Crippen LogP contribution in [0.15, 0.2) is 33.3 Å². The van der Waals surface area contributed by atoms with Crippen LogP contribution in [0.1, 0.15) is 0 Å². The van der Waals surface area contributed by atoms with Crippen LogP contribution in [0.2, 0.25) is 0 Å². The van der Waals surface area contributed by atoms with Crippen molar-refractivity contribution in [2.24, 2.45) is 12.0 Å². The smallest absolute Gasteiger partial charge is 0.320 e. The largest absolute Gasteiger partial charge is 0.861 e. The van der Waals surface area contributed by atoms with Crippen LogP contribution in [-0.2, 0) is 18.3 Å². The lowest BCUT2D eigenvalue weighted by Crippen LogP contribution is -2.36. The average molecular weight is 297 g/mol. The molecule has 0 aliphatic heterocycles. The molecule has 2 aromatic heterocycles. The van der Waals surface area contributed by atoms with E-state index in [-0.39, 0.29) is 17.5 Å². The number of aryl methyl sites for hydroxylation is 1. The third kappa shape index (κ3) is 4.07. The van der Waals surface area contributed by atoms with Crippen molar-refractivity contribution in [1.82, 2.24) is 14.8 Å². The van der Waals surface area contributed by atoms with Gasteiger partial charge in [0.15, 0.2) is 5.16 Å². The predicted molar refractivity (Wildman–Crippen MR) is 69.6 cm³/mol. The Morgan fingerprint density at radius 3 is 3.20 bits per heavy atom. The second kappa shape index (κ2) is 7.06. The van der Waals surface area contributed by atoms with Crippen LogP contribution in [0.25, 0.3) is 0 Å². The predicted octanol–water partition coefficient (Wildman–Crippen LogP) is -0.475. The second-order valence-corrected chi connectivity index (χ2v) is 4.85. The number of hydrogen-bond acceptors (Lipinski definition) is 7. The van der Waals surface area contributed by atoms with E-state index < -0.39 is 0 Å². The summed E-state index contributed by atoms with van der Waals surface area (Å²) in [5.41, 5.74) is 0. The summed E-state index contributed by atoms with van der Waals surface area (Å²) in [5, 5.41) is 16.2. The summed E-state index contributed by atoms with van der Waals surface area (Å²) in [7, 11) is 3.47. The first-order valence-corrected chi connectivity index (χ1v) is 6.87. The van der Waals surface area contributed by atoms with E-state index in [4.69, 9.17) is 9.26 Å². The highest BCUT2D eigenvalue weighted by Crippen LogP contribution is 2.14. The molecule has 8 nitrogen and oxygen atoms in total. The zero-order chi connectivity index (χ0) is 14.4. The minimum atomic E-state index is -0.298. The molecule has 0 aliphatic carbocycles. The summed E-state index contributed by atoms with van der Waals surface area (Å²) in [4.78, 5) is 7.94. The van der Waals surface area contributed by atoms with Crippen LogP contribution in [-0.4, -0.2) is 40.2 Å². The fourth-order valence-electron chi connectivity index (χ4n) is 1.38. The van der Waals surface area contributed by atoms with Crippen LogP contribution in [0, 0.1) is 0 Å². The molecule has 0 aromatic carbocycles. The Morgan fingerprint density at radius 2 is 2.50 bits per heavy atom. The summed E-state index contributed by atoms with van der Waals surface area (Å²) in [6.07, 6.45) is 5.06. The summed E-state index contributed by atoms with van der Waals surface area (Å²) in [5.74, 6) is 0.0865. The fourth-order valence-corrected chi connectivity index (χ4v) is 2.10. The summed E-state index contributed by atoms with van der Waals surface area (Å²) in [6.45, 7) is 1.06. The lowest BCUT2D eigenvalue weighted by Gasteiger charge is -2.07. The standard InChI is InChI=1S/C11H15N5O3S/c1-15-4-3-12-11(15)20-8-9(17)13-10-7-16(14-19-10)5-6-18-2/h3-4,7H,5-6,8H2,1-2H3. The Hall–Kier alpha value is -1.87. The van der Waals surface area contributed by atoms with Crippen LogP contribution in [0.4, 0.5) is 5.88 Å². The molecule has 108 valence electrons. The molecular formula is C11H15N5O3S. The molecule has 0 aliphatic rings. The van der Waals surface area contributed by atoms with Crippen LogP contribution >= 0.6 is 11.8 Å².